The van der Waals surface area contributed by atoms with Gasteiger partial charge in [-0.3, -0.25) is 9.78 Å². The number of carbonyl (C=O) groups excluding carboxylic acids is 1. The van der Waals surface area contributed by atoms with Crippen molar-refractivity contribution >= 4 is 5.91 Å². The quantitative estimate of drug-likeness (QED) is 0.723. The van der Waals surface area contributed by atoms with Crippen molar-refractivity contribution in [3.05, 3.63) is 30.1 Å². The molecule has 1 rings (SSSR count). The molecule has 0 aliphatic heterocycles. The molecule has 0 saturated carbocycles. The van der Waals surface area contributed by atoms with E-state index in [1.165, 1.54) is 24.5 Å². The number of aliphatic hydroxyl groups excluding tert-OH is 1. The van der Waals surface area contributed by atoms with Crippen molar-refractivity contribution in [2.24, 2.45) is 0 Å². The monoisotopic (exact) mass is 198 g/mol. The molecule has 0 bridgehead atoms. The van der Waals surface area contributed by atoms with E-state index in [2.05, 4.69) is 10.3 Å². The lowest BCUT2D eigenvalue weighted by Gasteiger charge is -2.07. The number of alkyl halides is 1. The summed E-state index contributed by atoms with van der Waals surface area (Å²) in [6.45, 7) is -0.950. The van der Waals surface area contributed by atoms with E-state index >= 15 is 0 Å². The number of aliphatic hydroxyl groups is 1. The molecule has 0 fully saturated rings. The number of pyridine rings is 1. The van der Waals surface area contributed by atoms with Gasteiger partial charge in [0.25, 0.3) is 5.91 Å². The van der Waals surface area contributed by atoms with E-state index in [0.717, 1.165) is 0 Å². The topological polar surface area (TPSA) is 62.2 Å². The third-order valence-corrected chi connectivity index (χ3v) is 1.62. The number of hydrogen-bond acceptors (Lipinski definition) is 3. The molecule has 0 aliphatic rings. The molecular formula is C9H11FN2O2. The lowest BCUT2D eigenvalue weighted by Crippen LogP contribution is -2.33. The van der Waals surface area contributed by atoms with Gasteiger partial charge in [0.15, 0.2) is 0 Å². The molecule has 14 heavy (non-hydrogen) atoms. The summed E-state index contributed by atoms with van der Waals surface area (Å²) in [4.78, 5) is 15.0. The molecule has 0 aromatic carbocycles. The summed E-state index contributed by atoms with van der Waals surface area (Å²) in [7, 11) is 0. The predicted molar refractivity (Wildman–Crippen MR) is 48.6 cm³/mol. The Morgan fingerprint density at radius 3 is 2.79 bits per heavy atom. The minimum absolute atomic E-state index is 0.0857. The van der Waals surface area contributed by atoms with Crippen LogP contribution < -0.4 is 5.32 Å². The standard InChI is InChI=1S/C9H11FN2O2/c10-5-8(13)6-12-9(14)7-1-3-11-4-2-7/h1-4,8,13H,5-6H2,(H,12,14). The van der Waals surface area contributed by atoms with Gasteiger partial charge in [0.05, 0.1) is 6.10 Å². The van der Waals surface area contributed by atoms with E-state index in [9.17, 15) is 9.18 Å². The molecular weight excluding hydrogens is 187 g/mol. The van der Waals surface area contributed by atoms with E-state index in [0.29, 0.717) is 5.56 Å². The highest BCUT2D eigenvalue weighted by Crippen LogP contribution is 1.95. The molecule has 0 spiro atoms. The van der Waals surface area contributed by atoms with Crippen molar-refractivity contribution in [3.63, 3.8) is 0 Å². The van der Waals surface area contributed by atoms with Crippen LogP contribution in [0.3, 0.4) is 0 Å². The molecule has 76 valence electrons. The van der Waals surface area contributed by atoms with Gasteiger partial charge in [-0.25, -0.2) is 4.39 Å². The fraction of sp³-hybridized carbons (Fsp3) is 0.333. The number of amides is 1. The van der Waals surface area contributed by atoms with Crippen LogP contribution in [-0.4, -0.2) is 35.3 Å². The van der Waals surface area contributed by atoms with Crippen molar-refractivity contribution in [3.8, 4) is 0 Å². The van der Waals surface area contributed by atoms with E-state index in [1.54, 1.807) is 0 Å². The smallest absolute Gasteiger partial charge is 0.251 e. The first-order valence-corrected chi connectivity index (χ1v) is 4.16. The number of nitrogens with zero attached hydrogens (tertiary/aromatic N) is 1. The van der Waals surface area contributed by atoms with Crippen molar-refractivity contribution < 1.29 is 14.3 Å². The van der Waals surface area contributed by atoms with E-state index in [-0.39, 0.29) is 12.5 Å². The average molecular weight is 198 g/mol. The van der Waals surface area contributed by atoms with Crippen molar-refractivity contribution in [1.29, 1.82) is 0 Å². The van der Waals surface area contributed by atoms with Crippen molar-refractivity contribution in [2.75, 3.05) is 13.2 Å². The third-order valence-electron chi connectivity index (χ3n) is 1.62. The largest absolute Gasteiger partial charge is 0.389 e. The molecule has 5 heteroatoms. The molecule has 0 radical (unpaired) electrons. The van der Waals surface area contributed by atoms with Gasteiger partial charge >= 0.3 is 0 Å². The number of hydrogen-bond donors (Lipinski definition) is 2. The second-order valence-electron chi connectivity index (χ2n) is 2.75. The van der Waals surface area contributed by atoms with E-state index < -0.39 is 12.8 Å². The van der Waals surface area contributed by atoms with Gasteiger partial charge < -0.3 is 10.4 Å². The number of carbonyl (C=O) groups is 1. The highest BCUT2D eigenvalue weighted by molar-refractivity contribution is 5.93. The van der Waals surface area contributed by atoms with Crippen LogP contribution in [0.25, 0.3) is 0 Å². The Bertz CT molecular complexity index is 292. The zero-order valence-corrected chi connectivity index (χ0v) is 7.48. The summed E-state index contributed by atoms with van der Waals surface area (Å²) < 4.78 is 11.8. The summed E-state index contributed by atoms with van der Waals surface area (Å²) in [6, 6.07) is 3.08. The molecule has 1 amide bonds. The van der Waals surface area contributed by atoms with Gasteiger partial charge in [0.2, 0.25) is 0 Å². The van der Waals surface area contributed by atoms with Crippen LogP contribution in [0, 0.1) is 0 Å². The number of aromatic nitrogens is 1. The van der Waals surface area contributed by atoms with Crippen LogP contribution in [0.15, 0.2) is 24.5 Å². The summed E-state index contributed by atoms with van der Waals surface area (Å²) in [5.74, 6) is -0.347. The van der Waals surface area contributed by atoms with E-state index in [1.807, 2.05) is 0 Å². The molecule has 2 N–H and O–H groups in total. The Morgan fingerprint density at radius 1 is 1.57 bits per heavy atom. The maximum atomic E-state index is 11.8. The maximum absolute atomic E-state index is 11.8. The van der Waals surface area contributed by atoms with Gasteiger partial charge in [-0.15, -0.1) is 0 Å². The Labute approximate surface area is 80.8 Å². The maximum Gasteiger partial charge on any atom is 0.251 e. The second kappa shape index (κ2) is 5.29. The zero-order valence-electron chi connectivity index (χ0n) is 7.48. The number of nitrogens with one attached hydrogen (secondary N) is 1. The van der Waals surface area contributed by atoms with Crippen LogP contribution in [0.5, 0.6) is 0 Å². The lowest BCUT2D eigenvalue weighted by molar-refractivity contribution is 0.0895. The highest BCUT2D eigenvalue weighted by atomic mass is 19.1. The summed E-state index contributed by atoms with van der Waals surface area (Å²) in [6.07, 6.45) is 1.84. The normalized spacial score (nSPS) is 12.1. The van der Waals surface area contributed by atoms with Gasteiger partial charge in [-0.05, 0) is 12.1 Å². The van der Waals surface area contributed by atoms with Gasteiger partial charge in [-0.1, -0.05) is 0 Å². The van der Waals surface area contributed by atoms with Crippen LogP contribution in [0.4, 0.5) is 4.39 Å². The molecule has 1 atom stereocenters. The molecule has 1 heterocycles. The van der Waals surface area contributed by atoms with Gasteiger partial charge in [0.1, 0.15) is 6.67 Å². The summed E-state index contributed by atoms with van der Waals surface area (Å²) in [5, 5.41) is 11.2. The van der Waals surface area contributed by atoms with Crippen LogP contribution in [-0.2, 0) is 0 Å². The first-order valence-electron chi connectivity index (χ1n) is 4.16. The van der Waals surface area contributed by atoms with Gasteiger partial charge in [0, 0.05) is 24.5 Å². The molecule has 1 unspecified atom stereocenters. The molecule has 4 nitrogen and oxygen atoms in total. The predicted octanol–water partition coefficient (Wildman–Crippen LogP) is 0.142. The summed E-state index contributed by atoms with van der Waals surface area (Å²) >= 11 is 0. The highest BCUT2D eigenvalue weighted by Gasteiger charge is 2.07. The number of halogens is 1. The van der Waals surface area contributed by atoms with Crippen molar-refractivity contribution in [1.82, 2.24) is 10.3 Å². The van der Waals surface area contributed by atoms with Crippen LogP contribution >= 0.6 is 0 Å². The first kappa shape index (κ1) is 10.6. The average Bonchev–Trinajstić information content (AvgIpc) is 2.26. The molecule has 1 aromatic heterocycles. The van der Waals surface area contributed by atoms with E-state index in [4.69, 9.17) is 5.11 Å². The third kappa shape index (κ3) is 3.10. The fourth-order valence-corrected chi connectivity index (χ4v) is 0.870. The van der Waals surface area contributed by atoms with Crippen LogP contribution in [0.1, 0.15) is 10.4 Å². The van der Waals surface area contributed by atoms with Gasteiger partial charge in [-0.2, -0.15) is 0 Å². The fourth-order valence-electron chi connectivity index (χ4n) is 0.870. The molecule has 0 aliphatic carbocycles. The Morgan fingerprint density at radius 2 is 2.21 bits per heavy atom. The van der Waals surface area contributed by atoms with Crippen molar-refractivity contribution in [2.45, 2.75) is 6.10 Å². The Balaban J connectivity index is 2.44. The first-order chi connectivity index (χ1) is 6.74. The Kier molecular flexibility index (Phi) is 4.00. The molecule has 0 saturated heterocycles. The second-order valence-corrected chi connectivity index (χ2v) is 2.75. The minimum Gasteiger partial charge on any atom is -0.389 e. The SMILES string of the molecule is O=C(NCC(O)CF)c1ccncc1. The minimum atomic E-state index is -1.14. The summed E-state index contributed by atoms with van der Waals surface area (Å²) in [5.41, 5.74) is 0.436. The zero-order chi connectivity index (χ0) is 10.4. The molecule has 1 aromatic rings. The lowest BCUT2D eigenvalue weighted by atomic mass is 10.2. The van der Waals surface area contributed by atoms with Crippen LogP contribution in [0.2, 0.25) is 0 Å². The number of rotatable bonds is 4. The Hall–Kier alpha value is -1.49.